The van der Waals surface area contributed by atoms with Gasteiger partial charge < -0.3 is 10.0 Å². The highest BCUT2D eigenvalue weighted by Gasteiger charge is 2.19. The van der Waals surface area contributed by atoms with Crippen molar-refractivity contribution in [2.24, 2.45) is 0 Å². The van der Waals surface area contributed by atoms with Gasteiger partial charge >= 0.3 is 0 Å². The largest absolute Gasteiger partial charge is 0.392 e. The van der Waals surface area contributed by atoms with Crippen molar-refractivity contribution in [2.75, 3.05) is 19.6 Å². The molecule has 1 fully saturated rings. The predicted molar refractivity (Wildman–Crippen MR) is 55.1 cm³/mol. The molecule has 13 heavy (non-hydrogen) atoms. The average molecular weight is 197 g/mol. The van der Waals surface area contributed by atoms with Crippen LogP contribution in [0.1, 0.15) is 11.3 Å². The highest BCUT2D eigenvalue weighted by molar-refractivity contribution is 7.09. The second-order valence-corrected chi connectivity index (χ2v) is 4.60. The SMILES string of the molecule is O[C@@H]1CCN(CCc2cccs2)C1. The Morgan fingerprint density at radius 2 is 2.54 bits per heavy atom. The number of hydrogen-bond acceptors (Lipinski definition) is 3. The molecule has 1 N–H and O–H groups in total. The molecule has 0 aliphatic carbocycles. The van der Waals surface area contributed by atoms with Gasteiger partial charge in [-0.2, -0.15) is 0 Å². The van der Waals surface area contributed by atoms with Gasteiger partial charge in [-0.1, -0.05) is 6.07 Å². The molecule has 3 heteroatoms. The van der Waals surface area contributed by atoms with Crippen LogP contribution in [-0.2, 0) is 6.42 Å². The van der Waals surface area contributed by atoms with Crippen LogP contribution in [0.3, 0.4) is 0 Å². The lowest BCUT2D eigenvalue weighted by atomic mass is 10.3. The molecule has 2 nitrogen and oxygen atoms in total. The van der Waals surface area contributed by atoms with E-state index in [9.17, 15) is 5.11 Å². The molecule has 0 spiro atoms. The summed E-state index contributed by atoms with van der Waals surface area (Å²) in [6.45, 7) is 3.02. The van der Waals surface area contributed by atoms with Crippen molar-refractivity contribution >= 4 is 11.3 Å². The Labute approximate surface area is 82.8 Å². The normalized spacial score (nSPS) is 23.9. The van der Waals surface area contributed by atoms with E-state index in [-0.39, 0.29) is 6.10 Å². The maximum atomic E-state index is 9.32. The molecule has 0 aromatic carbocycles. The van der Waals surface area contributed by atoms with E-state index in [1.54, 1.807) is 0 Å². The van der Waals surface area contributed by atoms with Crippen LogP contribution < -0.4 is 0 Å². The van der Waals surface area contributed by atoms with E-state index in [2.05, 4.69) is 22.4 Å². The number of likely N-dealkylation sites (tertiary alicyclic amines) is 1. The summed E-state index contributed by atoms with van der Waals surface area (Å²) in [5.74, 6) is 0. The maximum Gasteiger partial charge on any atom is 0.0679 e. The number of aliphatic hydroxyl groups is 1. The summed E-state index contributed by atoms with van der Waals surface area (Å²) in [5, 5.41) is 11.4. The number of aliphatic hydroxyl groups excluding tert-OH is 1. The van der Waals surface area contributed by atoms with E-state index in [1.165, 1.54) is 4.88 Å². The zero-order valence-electron chi connectivity index (χ0n) is 7.65. The van der Waals surface area contributed by atoms with Crippen molar-refractivity contribution < 1.29 is 5.11 Å². The molecular formula is C10H15NOS. The van der Waals surface area contributed by atoms with Gasteiger partial charge in [0.25, 0.3) is 0 Å². The molecular weight excluding hydrogens is 182 g/mol. The van der Waals surface area contributed by atoms with Crippen LogP contribution in [0.2, 0.25) is 0 Å². The minimum absolute atomic E-state index is 0.0802. The monoisotopic (exact) mass is 197 g/mol. The van der Waals surface area contributed by atoms with Crippen molar-refractivity contribution in [2.45, 2.75) is 18.9 Å². The van der Waals surface area contributed by atoms with Crippen molar-refractivity contribution in [1.29, 1.82) is 0 Å². The maximum absolute atomic E-state index is 9.32. The number of β-amino-alcohol motifs (C(OH)–C–C–N with tert-alkyl or cyclic N) is 1. The van der Waals surface area contributed by atoms with Gasteiger partial charge in [0, 0.05) is 24.5 Å². The molecule has 0 bridgehead atoms. The van der Waals surface area contributed by atoms with Gasteiger partial charge in [-0.05, 0) is 24.3 Å². The molecule has 1 aromatic heterocycles. The highest BCUT2D eigenvalue weighted by Crippen LogP contribution is 2.13. The Morgan fingerprint density at radius 3 is 3.15 bits per heavy atom. The Hall–Kier alpha value is -0.380. The van der Waals surface area contributed by atoms with Gasteiger partial charge in [0.15, 0.2) is 0 Å². The van der Waals surface area contributed by atoms with Crippen LogP contribution in [0.25, 0.3) is 0 Å². The van der Waals surface area contributed by atoms with Crippen LogP contribution in [0.15, 0.2) is 17.5 Å². The number of nitrogens with zero attached hydrogens (tertiary/aromatic N) is 1. The minimum Gasteiger partial charge on any atom is -0.392 e. The first-order valence-corrected chi connectivity index (χ1v) is 5.65. The summed E-state index contributed by atoms with van der Waals surface area (Å²) in [6, 6.07) is 4.27. The van der Waals surface area contributed by atoms with Crippen molar-refractivity contribution in [3.63, 3.8) is 0 Å². The van der Waals surface area contributed by atoms with E-state index < -0.39 is 0 Å². The third-order valence-electron chi connectivity index (χ3n) is 2.50. The summed E-state index contributed by atoms with van der Waals surface area (Å²) < 4.78 is 0. The molecule has 1 atom stereocenters. The molecule has 1 aliphatic rings. The van der Waals surface area contributed by atoms with E-state index in [0.29, 0.717) is 0 Å². The Morgan fingerprint density at radius 1 is 1.62 bits per heavy atom. The molecule has 2 heterocycles. The molecule has 72 valence electrons. The number of rotatable bonds is 3. The van der Waals surface area contributed by atoms with Crippen molar-refractivity contribution in [3.05, 3.63) is 22.4 Å². The lowest BCUT2D eigenvalue weighted by molar-refractivity contribution is 0.177. The number of hydrogen-bond donors (Lipinski definition) is 1. The van der Waals surface area contributed by atoms with Crippen molar-refractivity contribution in [1.82, 2.24) is 4.90 Å². The number of thiophene rings is 1. The summed E-state index contributed by atoms with van der Waals surface area (Å²) in [6.07, 6.45) is 2.00. The van der Waals surface area contributed by atoms with Crippen LogP contribution in [0.4, 0.5) is 0 Å². The van der Waals surface area contributed by atoms with E-state index in [0.717, 1.165) is 32.5 Å². The van der Waals surface area contributed by atoms with E-state index in [1.807, 2.05) is 11.3 Å². The van der Waals surface area contributed by atoms with Crippen LogP contribution >= 0.6 is 11.3 Å². The fourth-order valence-corrected chi connectivity index (χ4v) is 2.44. The Balaban J connectivity index is 1.74. The van der Waals surface area contributed by atoms with E-state index in [4.69, 9.17) is 0 Å². The van der Waals surface area contributed by atoms with Crippen LogP contribution in [0, 0.1) is 0 Å². The lowest BCUT2D eigenvalue weighted by Crippen LogP contribution is -2.24. The fraction of sp³-hybridized carbons (Fsp3) is 0.600. The molecule has 2 rings (SSSR count). The average Bonchev–Trinajstić information content (AvgIpc) is 2.71. The van der Waals surface area contributed by atoms with E-state index >= 15 is 0 Å². The lowest BCUT2D eigenvalue weighted by Gasteiger charge is -2.13. The summed E-state index contributed by atoms with van der Waals surface area (Å²) >= 11 is 1.82. The first-order chi connectivity index (χ1) is 6.34. The first-order valence-electron chi connectivity index (χ1n) is 4.77. The standard InChI is InChI=1S/C10H15NOS/c12-9-3-5-11(8-9)6-4-10-2-1-7-13-10/h1-2,7,9,12H,3-6,8H2/t9-/m1/s1. The Kier molecular flexibility index (Phi) is 2.98. The first kappa shape index (κ1) is 9.19. The zero-order chi connectivity index (χ0) is 9.10. The third-order valence-corrected chi connectivity index (χ3v) is 3.44. The quantitative estimate of drug-likeness (QED) is 0.791. The van der Waals surface area contributed by atoms with Crippen LogP contribution in [-0.4, -0.2) is 35.7 Å². The van der Waals surface area contributed by atoms with Gasteiger partial charge in [0.2, 0.25) is 0 Å². The van der Waals surface area contributed by atoms with Crippen LogP contribution in [0.5, 0.6) is 0 Å². The molecule has 1 aliphatic heterocycles. The third kappa shape index (κ3) is 2.53. The molecule has 0 saturated carbocycles. The highest BCUT2D eigenvalue weighted by atomic mass is 32.1. The molecule has 1 aromatic rings. The summed E-state index contributed by atoms with van der Waals surface area (Å²) in [4.78, 5) is 3.78. The second-order valence-electron chi connectivity index (χ2n) is 3.57. The minimum atomic E-state index is -0.0802. The Bertz CT molecular complexity index is 247. The molecule has 0 radical (unpaired) electrons. The molecule has 1 saturated heterocycles. The zero-order valence-corrected chi connectivity index (χ0v) is 8.46. The van der Waals surface area contributed by atoms with Crippen molar-refractivity contribution in [3.8, 4) is 0 Å². The topological polar surface area (TPSA) is 23.5 Å². The summed E-state index contributed by atoms with van der Waals surface area (Å²) in [5.41, 5.74) is 0. The van der Waals surface area contributed by atoms with Gasteiger partial charge in [-0.15, -0.1) is 11.3 Å². The van der Waals surface area contributed by atoms with Gasteiger partial charge in [0.1, 0.15) is 0 Å². The smallest absolute Gasteiger partial charge is 0.0679 e. The van der Waals surface area contributed by atoms with Gasteiger partial charge in [0.05, 0.1) is 6.10 Å². The molecule has 0 amide bonds. The predicted octanol–water partition coefficient (Wildman–Crippen LogP) is 1.36. The fourth-order valence-electron chi connectivity index (χ4n) is 1.74. The van der Waals surface area contributed by atoms with Gasteiger partial charge in [-0.3, -0.25) is 0 Å². The second kappa shape index (κ2) is 4.22. The van der Waals surface area contributed by atoms with Gasteiger partial charge in [-0.25, -0.2) is 0 Å². The summed E-state index contributed by atoms with van der Waals surface area (Å²) in [7, 11) is 0. The molecule has 0 unspecified atom stereocenters.